The number of Topliss-reactive ketones (excluding diaryl/α,β-unsaturated/α-hetero) is 1. The second kappa shape index (κ2) is 7.59. The first-order valence-corrected chi connectivity index (χ1v) is 7.02. The zero-order chi connectivity index (χ0) is 16.9. The number of benzene rings is 1. The predicted octanol–water partition coefficient (Wildman–Crippen LogP) is 1.98. The molecule has 1 aromatic carbocycles. The number of hydrogen-bond acceptors (Lipinski definition) is 4. The van der Waals surface area contributed by atoms with E-state index in [0.717, 1.165) is 0 Å². The Bertz CT molecular complexity index is 567. The van der Waals surface area contributed by atoms with Gasteiger partial charge in [0, 0.05) is 11.6 Å². The highest BCUT2D eigenvalue weighted by molar-refractivity contribution is 5.94. The molecule has 22 heavy (non-hydrogen) atoms. The Morgan fingerprint density at radius 2 is 1.86 bits per heavy atom. The van der Waals surface area contributed by atoms with Gasteiger partial charge in [-0.05, 0) is 39.8 Å². The average molecular weight is 307 g/mol. The quantitative estimate of drug-likeness (QED) is 0.779. The van der Waals surface area contributed by atoms with Crippen LogP contribution in [0.25, 0.3) is 0 Å². The molecule has 1 atom stereocenters. The van der Waals surface area contributed by atoms with Crippen molar-refractivity contribution in [3.05, 3.63) is 29.8 Å². The van der Waals surface area contributed by atoms with E-state index in [1.54, 1.807) is 45.0 Å². The minimum absolute atomic E-state index is 0.0980. The summed E-state index contributed by atoms with van der Waals surface area (Å²) in [5, 5.41) is 8.88. The molecule has 0 heterocycles. The SMILES string of the molecule is CC(=O)c1cccc(OC(C)C(=O)N(CC(=O)O)C(C)C)c1. The molecule has 0 bridgehead atoms. The fourth-order valence-corrected chi connectivity index (χ4v) is 1.94. The van der Waals surface area contributed by atoms with Crippen LogP contribution in [0.15, 0.2) is 24.3 Å². The molecule has 0 aromatic heterocycles. The Balaban J connectivity index is 2.84. The summed E-state index contributed by atoms with van der Waals surface area (Å²) < 4.78 is 5.54. The number of aliphatic carboxylic acids is 1. The summed E-state index contributed by atoms with van der Waals surface area (Å²) in [4.78, 5) is 35.7. The standard InChI is InChI=1S/C16H21NO5/c1-10(2)17(9-15(19)20)16(21)12(4)22-14-7-5-6-13(8-14)11(3)18/h5-8,10,12H,9H2,1-4H3,(H,19,20). The Hall–Kier alpha value is -2.37. The topological polar surface area (TPSA) is 83.9 Å². The minimum atomic E-state index is -1.08. The van der Waals surface area contributed by atoms with Crippen LogP contribution in [0.5, 0.6) is 5.75 Å². The molecule has 0 aliphatic heterocycles. The van der Waals surface area contributed by atoms with Gasteiger partial charge in [0.15, 0.2) is 11.9 Å². The first-order valence-electron chi connectivity index (χ1n) is 7.02. The van der Waals surface area contributed by atoms with Crippen molar-refractivity contribution < 1.29 is 24.2 Å². The van der Waals surface area contributed by atoms with Crippen molar-refractivity contribution in [1.29, 1.82) is 0 Å². The summed E-state index contributed by atoms with van der Waals surface area (Å²) >= 11 is 0. The fourth-order valence-electron chi connectivity index (χ4n) is 1.94. The largest absolute Gasteiger partial charge is 0.481 e. The second-order valence-electron chi connectivity index (χ2n) is 5.30. The van der Waals surface area contributed by atoms with Crippen LogP contribution in [0, 0.1) is 0 Å². The van der Waals surface area contributed by atoms with Gasteiger partial charge in [-0.1, -0.05) is 12.1 Å². The van der Waals surface area contributed by atoms with Crippen LogP contribution in [0.4, 0.5) is 0 Å². The number of carbonyl (C=O) groups excluding carboxylic acids is 2. The van der Waals surface area contributed by atoms with Crippen LogP contribution in [0.3, 0.4) is 0 Å². The van der Waals surface area contributed by atoms with E-state index in [-0.39, 0.29) is 18.4 Å². The molecule has 1 amide bonds. The molecule has 1 rings (SSSR count). The van der Waals surface area contributed by atoms with E-state index in [0.29, 0.717) is 11.3 Å². The number of ether oxygens (including phenoxy) is 1. The molecule has 120 valence electrons. The summed E-state index contributed by atoms with van der Waals surface area (Å²) in [5.41, 5.74) is 0.489. The molecular weight excluding hydrogens is 286 g/mol. The van der Waals surface area contributed by atoms with Crippen LogP contribution < -0.4 is 4.74 Å². The van der Waals surface area contributed by atoms with E-state index >= 15 is 0 Å². The molecule has 0 saturated heterocycles. The van der Waals surface area contributed by atoms with Gasteiger partial charge in [0.05, 0.1) is 0 Å². The van der Waals surface area contributed by atoms with E-state index < -0.39 is 18.0 Å². The summed E-state index contributed by atoms with van der Waals surface area (Å²) in [6, 6.07) is 6.28. The Labute approximate surface area is 129 Å². The van der Waals surface area contributed by atoms with Gasteiger partial charge < -0.3 is 14.7 Å². The summed E-state index contributed by atoms with van der Waals surface area (Å²) in [5.74, 6) is -1.19. The number of nitrogens with zero attached hydrogens (tertiary/aromatic N) is 1. The molecule has 1 unspecified atom stereocenters. The molecule has 0 aliphatic rings. The number of carboxylic acids is 1. The molecule has 0 radical (unpaired) electrons. The van der Waals surface area contributed by atoms with E-state index in [4.69, 9.17) is 9.84 Å². The van der Waals surface area contributed by atoms with Gasteiger partial charge in [0.1, 0.15) is 12.3 Å². The van der Waals surface area contributed by atoms with Gasteiger partial charge in [0.25, 0.3) is 5.91 Å². The number of hydrogen-bond donors (Lipinski definition) is 1. The van der Waals surface area contributed by atoms with E-state index in [9.17, 15) is 14.4 Å². The second-order valence-corrected chi connectivity index (χ2v) is 5.30. The summed E-state index contributed by atoms with van der Waals surface area (Å²) in [6.07, 6.45) is -0.844. The van der Waals surface area contributed by atoms with E-state index in [1.165, 1.54) is 11.8 Å². The molecule has 6 heteroatoms. The third kappa shape index (κ3) is 4.87. The summed E-state index contributed by atoms with van der Waals surface area (Å²) in [7, 11) is 0. The molecule has 1 N–H and O–H groups in total. The lowest BCUT2D eigenvalue weighted by atomic mass is 10.1. The molecule has 0 fully saturated rings. The first kappa shape index (κ1) is 17.7. The third-order valence-corrected chi connectivity index (χ3v) is 3.11. The maximum atomic E-state index is 12.3. The normalized spacial score (nSPS) is 11.9. The lowest BCUT2D eigenvalue weighted by molar-refractivity contribution is -0.149. The highest BCUT2D eigenvalue weighted by atomic mass is 16.5. The number of carbonyl (C=O) groups is 3. The highest BCUT2D eigenvalue weighted by Crippen LogP contribution is 2.16. The van der Waals surface area contributed by atoms with Crippen molar-refractivity contribution >= 4 is 17.7 Å². The van der Waals surface area contributed by atoms with Crippen LogP contribution in [-0.4, -0.2) is 46.4 Å². The number of rotatable bonds is 7. The molecule has 1 aromatic rings. The number of amides is 1. The Morgan fingerprint density at radius 1 is 1.23 bits per heavy atom. The zero-order valence-corrected chi connectivity index (χ0v) is 13.2. The highest BCUT2D eigenvalue weighted by Gasteiger charge is 2.26. The lowest BCUT2D eigenvalue weighted by Gasteiger charge is -2.28. The Kier molecular flexibility index (Phi) is 6.10. The third-order valence-electron chi connectivity index (χ3n) is 3.11. The molecule has 6 nitrogen and oxygen atoms in total. The van der Waals surface area contributed by atoms with Crippen LogP contribution >= 0.6 is 0 Å². The van der Waals surface area contributed by atoms with E-state index in [1.807, 2.05) is 0 Å². The summed E-state index contributed by atoms with van der Waals surface area (Å²) in [6.45, 7) is 6.10. The zero-order valence-electron chi connectivity index (χ0n) is 13.2. The fraction of sp³-hybridized carbons (Fsp3) is 0.438. The average Bonchev–Trinajstić information content (AvgIpc) is 2.43. The van der Waals surface area contributed by atoms with Crippen molar-refractivity contribution in [2.24, 2.45) is 0 Å². The number of carboxylic acid groups (broad SMARTS) is 1. The molecule has 0 aliphatic carbocycles. The maximum Gasteiger partial charge on any atom is 0.323 e. The predicted molar refractivity (Wildman–Crippen MR) is 81.0 cm³/mol. The van der Waals surface area contributed by atoms with Gasteiger partial charge in [-0.15, -0.1) is 0 Å². The molecular formula is C16H21NO5. The van der Waals surface area contributed by atoms with Crippen LogP contribution in [0.2, 0.25) is 0 Å². The van der Waals surface area contributed by atoms with Crippen molar-refractivity contribution in [2.75, 3.05) is 6.54 Å². The lowest BCUT2D eigenvalue weighted by Crippen LogP contribution is -2.46. The van der Waals surface area contributed by atoms with Gasteiger partial charge in [-0.3, -0.25) is 14.4 Å². The Morgan fingerprint density at radius 3 is 2.36 bits per heavy atom. The van der Waals surface area contributed by atoms with Crippen molar-refractivity contribution in [3.63, 3.8) is 0 Å². The van der Waals surface area contributed by atoms with Crippen molar-refractivity contribution in [3.8, 4) is 5.75 Å². The van der Waals surface area contributed by atoms with Gasteiger partial charge in [-0.25, -0.2) is 0 Å². The molecule has 0 spiro atoms. The van der Waals surface area contributed by atoms with Gasteiger partial charge in [0.2, 0.25) is 0 Å². The minimum Gasteiger partial charge on any atom is -0.481 e. The monoisotopic (exact) mass is 307 g/mol. The van der Waals surface area contributed by atoms with Crippen LogP contribution in [-0.2, 0) is 9.59 Å². The molecule has 0 saturated carbocycles. The number of ketones is 1. The van der Waals surface area contributed by atoms with Crippen molar-refractivity contribution in [2.45, 2.75) is 39.8 Å². The first-order chi connectivity index (χ1) is 10.2. The van der Waals surface area contributed by atoms with Crippen molar-refractivity contribution in [1.82, 2.24) is 4.90 Å². The van der Waals surface area contributed by atoms with E-state index in [2.05, 4.69) is 0 Å². The maximum absolute atomic E-state index is 12.3. The van der Waals surface area contributed by atoms with Crippen LogP contribution in [0.1, 0.15) is 38.1 Å². The van der Waals surface area contributed by atoms with Gasteiger partial charge >= 0.3 is 5.97 Å². The van der Waals surface area contributed by atoms with Gasteiger partial charge in [-0.2, -0.15) is 0 Å². The smallest absolute Gasteiger partial charge is 0.323 e.